The van der Waals surface area contributed by atoms with Crippen LogP contribution < -0.4 is 5.32 Å². The lowest BCUT2D eigenvalue weighted by atomic mass is 9.95. The van der Waals surface area contributed by atoms with Crippen molar-refractivity contribution in [3.05, 3.63) is 59.4 Å². The molecule has 2 heterocycles. The highest BCUT2D eigenvalue weighted by molar-refractivity contribution is 7.91. The van der Waals surface area contributed by atoms with E-state index in [1.807, 2.05) is 11.5 Å². The zero-order valence-electron chi connectivity index (χ0n) is 21.7. The minimum atomic E-state index is -4.35. The minimum absolute atomic E-state index is 0.0126. The molecule has 1 aliphatic heterocycles. The van der Waals surface area contributed by atoms with Crippen LogP contribution in [0.5, 0.6) is 0 Å². The van der Waals surface area contributed by atoms with E-state index in [4.69, 9.17) is 4.74 Å². The van der Waals surface area contributed by atoms with Crippen LogP contribution in [0.15, 0.2) is 47.4 Å². The topological polar surface area (TPSA) is 111 Å². The second-order valence-corrected chi connectivity index (χ2v) is 11.9. The van der Waals surface area contributed by atoms with Gasteiger partial charge in [0.15, 0.2) is 15.9 Å². The average molecular weight is 568 g/mol. The van der Waals surface area contributed by atoms with Crippen molar-refractivity contribution in [3.8, 4) is 0 Å². The minimum Gasteiger partial charge on any atom is -0.394 e. The van der Waals surface area contributed by atoms with Crippen molar-refractivity contribution >= 4 is 26.8 Å². The highest BCUT2D eigenvalue weighted by atomic mass is 32.2. The number of carbonyl (C=O) groups excluding carboxylic acids is 1. The number of hydrogen-bond donors (Lipinski definition) is 2. The Morgan fingerprint density at radius 2 is 1.90 bits per heavy atom. The number of ether oxygens (including phenoxy) is 1. The van der Waals surface area contributed by atoms with Crippen LogP contribution in [0.4, 0.5) is 13.2 Å². The third-order valence-corrected chi connectivity index (χ3v) is 8.87. The SMILES string of the molecule is CCn1c(C[C@@H]2CC[C@@H](C(F)(F)F)OC2)nc2cc(C(=O)N[C@@H](CO)c3ccc(S(=O)(=O)CC)cc3)ccc21. The van der Waals surface area contributed by atoms with Crippen LogP contribution in [0.3, 0.4) is 0 Å². The summed E-state index contributed by atoms with van der Waals surface area (Å²) in [5.74, 6) is 0.168. The van der Waals surface area contributed by atoms with E-state index in [1.54, 1.807) is 37.3 Å². The van der Waals surface area contributed by atoms with Crippen LogP contribution in [0.1, 0.15) is 54.5 Å². The second kappa shape index (κ2) is 11.6. The molecule has 1 aromatic heterocycles. The Morgan fingerprint density at radius 1 is 1.18 bits per heavy atom. The molecule has 1 aliphatic rings. The summed E-state index contributed by atoms with van der Waals surface area (Å²) in [5, 5.41) is 12.7. The zero-order valence-corrected chi connectivity index (χ0v) is 22.6. The molecule has 1 fully saturated rings. The van der Waals surface area contributed by atoms with E-state index in [9.17, 15) is 31.5 Å². The lowest BCUT2D eigenvalue weighted by Gasteiger charge is -2.30. The molecule has 0 saturated carbocycles. The van der Waals surface area contributed by atoms with Crippen molar-refractivity contribution in [3.63, 3.8) is 0 Å². The maximum atomic E-state index is 13.0. The van der Waals surface area contributed by atoms with Gasteiger partial charge in [-0.2, -0.15) is 13.2 Å². The number of nitrogens with zero attached hydrogens (tertiary/aromatic N) is 2. The number of aliphatic hydroxyl groups excluding tert-OH is 1. The average Bonchev–Trinajstić information content (AvgIpc) is 3.27. The van der Waals surface area contributed by atoms with Crippen LogP contribution in [0.25, 0.3) is 11.0 Å². The van der Waals surface area contributed by atoms with Gasteiger partial charge in [0.1, 0.15) is 5.82 Å². The van der Waals surface area contributed by atoms with E-state index in [2.05, 4.69) is 10.3 Å². The Hall–Kier alpha value is -2.96. The number of hydrogen-bond acceptors (Lipinski definition) is 6. The molecule has 0 unspecified atom stereocenters. The third kappa shape index (κ3) is 6.44. The standard InChI is InChI=1S/C27H32F3N3O5S/c1-3-33-23-11-8-19(14-21(23)31-25(33)13-17-5-12-24(38-16-17)27(28,29)30)26(35)32-22(15-34)18-6-9-20(10-7-18)39(36,37)4-2/h6-11,14,17,22,24,34H,3-5,12-13,15-16H2,1-2H3,(H,32,35)/t17-,22-,24-/m0/s1. The van der Waals surface area contributed by atoms with E-state index >= 15 is 0 Å². The molecule has 4 rings (SSSR count). The van der Waals surface area contributed by atoms with E-state index in [0.29, 0.717) is 36.0 Å². The first-order valence-corrected chi connectivity index (χ1v) is 14.5. The number of rotatable bonds is 9. The molecular formula is C27H32F3N3O5S. The molecule has 3 aromatic rings. The second-order valence-electron chi connectivity index (χ2n) is 9.67. The monoisotopic (exact) mass is 567 g/mol. The molecule has 3 atom stereocenters. The Balaban J connectivity index is 1.48. The lowest BCUT2D eigenvalue weighted by Crippen LogP contribution is -2.38. The Morgan fingerprint density at radius 3 is 2.46 bits per heavy atom. The van der Waals surface area contributed by atoms with Gasteiger partial charge in [-0.1, -0.05) is 19.1 Å². The maximum Gasteiger partial charge on any atom is 0.414 e. The van der Waals surface area contributed by atoms with E-state index in [0.717, 1.165) is 11.3 Å². The largest absolute Gasteiger partial charge is 0.414 e. The lowest BCUT2D eigenvalue weighted by molar-refractivity contribution is -0.235. The van der Waals surface area contributed by atoms with Gasteiger partial charge in [-0.05, 0) is 61.6 Å². The van der Waals surface area contributed by atoms with Crippen molar-refractivity contribution in [2.45, 2.75) is 62.9 Å². The molecule has 212 valence electrons. The molecule has 0 radical (unpaired) electrons. The summed E-state index contributed by atoms with van der Waals surface area (Å²) in [4.78, 5) is 17.9. The fourth-order valence-electron chi connectivity index (χ4n) is 4.86. The zero-order chi connectivity index (χ0) is 28.4. The summed E-state index contributed by atoms with van der Waals surface area (Å²) in [5.41, 5.74) is 2.27. The van der Waals surface area contributed by atoms with Gasteiger partial charge < -0.3 is 19.7 Å². The molecule has 1 saturated heterocycles. The molecule has 2 aromatic carbocycles. The van der Waals surface area contributed by atoms with Gasteiger partial charge in [-0.3, -0.25) is 4.79 Å². The van der Waals surface area contributed by atoms with Crippen LogP contribution in [0, 0.1) is 5.92 Å². The van der Waals surface area contributed by atoms with E-state index < -0.39 is 34.1 Å². The highest BCUT2D eigenvalue weighted by Crippen LogP contribution is 2.33. The first-order valence-electron chi connectivity index (χ1n) is 12.9. The van der Waals surface area contributed by atoms with Gasteiger partial charge in [0.2, 0.25) is 0 Å². The van der Waals surface area contributed by atoms with Gasteiger partial charge in [0.05, 0.1) is 40.9 Å². The van der Waals surface area contributed by atoms with Crippen LogP contribution in [-0.4, -0.2) is 60.2 Å². The number of aryl methyl sites for hydroxylation is 1. The summed E-state index contributed by atoms with van der Waals surface area (Å²) in [6, 6.07) is 10.4. The fourth-order valence-corrected chi connectivity index (χ4v) is 5.75. The molecule has 0 bridgehead atoms. The number of halogens is 3. The molecule has 12 heteroatoms. The Bertz CT molecular complexity index is 1410. The van der Waals surface area contributed by atoms with Crippen molar-refractivity contribution < 1.29 is 36.2 Å². The maximum absolute atomic E-state index is 13.0. The summed E-state index contributed by atoms with van der Waals surface area (Å²) >= 11 is 0. The molecule has 8 nitrogen and oxygen atoms in total. The number of imidazole rings is 1. The van der Waals surface area contributed by atoms with Gasteiger partial charge in [-0.15, -0.1) is 0 Å². The number of aromatic nitrogens is 2. The number of fused-ring (bicyclic) bond motifs is 1. The van der Waals surface area contributed by atoms with Gasteiger partial charge in [-0.25, -0.2) is 13.4 Å². The van der Waals surface area contributed by atoms with Gasteiger partial charge in [0.25, 0.3) is 5.91 Å². The van der Waals surface area contributed by atoms with Crippen molar-refractivity contribution in [2.24, 2.45) is 5.92 Å². The Kier molecular flexibility index (Phi) is 8.67. The van der Waals surface area contributed by atoms with E-state index in [1.165, 1.54) is 12.1 Å². The summed E-state index contributed by atoms with van der Waals surface area (Å²) in [7, 11) is -3.37. The van der Waals surface area contributed by atoms with Crippen molar-refractivity contribution in [1.82, 2.24) is 14.9 Å². The van der Waals surface area contributed by atoms with Crippen LogP contribution >= 0.6 is 0 Å². The number of aliphatic hydroxyl groups is 1. The first-order chi connectivity index (χ1) is 18.5. The normalized spacial score (nSPS) is 19.2. The molecule has 1 amide bonds. The first kappa shape index (κ1) is 29.0. The Labute approximate surface area is 225 Å². The predicted octanol–water partition coefficient (Wildman–Crippen LogP) is 4.21. The summed E-state index contributed by atoms with van der Waals surface area (Å²) in [6.45, 7) is 3.73. The number of nitrogens with one attached hydrogen (secondary N) is 1. The predicted molar refractivity (Wildman–Crippen MR) is 139 cm³/mol. The van der Waals surface area contributed by atoms with Gasteiger partial charge in [0, 0.05) is 18.5 Å². The molecule has 0 aliphatic carbocycles. The highest BCUT2D eigenvalue weighted by Gasteiger charge is 2.43. The molecule has 0 spiro atoms. The number of benzene rings is 2. The number of carbonyl (C=O) groups is 1. The van der Waals surface area contributed by atoms with Gasteiger partial charge >= 0.3 is 6.18 Å². The summed E-state index contributed by atoms with van der Waals surface area (Å²) < 4.78 is 69.9. The third-order valence-electron chi connectivity index (χ3n) is 7.12. The smallest absolute Gasteiger partial charge is 0.394 e. The van der Waals surface area contributed by atoms with Crippen molar-refractivity contribution in [1.29, 1.82) is 0 Å². The molecular weight excluding hydrogens is 535 g/mol. The fraction of sp³-hybridized carbons (Fsp3) is 0.481. The van der Waals surface area contributed by atoms with Crippen LogP contribution in [0.2, 0.25) is 0 Å². The summed E-state index contributed by atoms with van der Waals surface area (Å²) in [6.07, 6.45) is -5.30. The van der Waals surface area contributed by atoms with Crippen LogP contribution in [-0.2, 0) is 27.5 Å². The molecule has 2 N–H and O–H groups in total. The number of sulfone groups is 1. The van der Waals surface area contributed by atoms with Crippen molar-refractivity contribution in [2.75, 3.05) is 19.0 Å². The number of alkyl halides is 3. The quantitative estimate of drug-likeness (QED) is 0.401. The number of amides is 1. The van der Waals surface area contributed by atoms with E-state index in [-0.39, 0.29) is 36.2 Å². The molecule has 39 heavy (non-hydrogen) atoms.